The minimum absolute atomic E-state index is 0.00470. The molecule has 0 unspecified atom stereocenters. The van der Waals surface area contributed by atoms with Gasteiger partial charge in [0.05, 0.1) is 0 Å². The summed E-state index contributed by atoms with van der Waals surface area (Å²) >= 11 is 0. The van der Waals surface area contributed by atoms with Gasteiger partial charge in [-0.05, 0) is 77.9 Å². The van der Waals surface area contributed by atoms with Crippen LogP contribution >= 0.6 is 0 Å². The summed E-state index contributed by atoms with van der Waals surface area (Å²) in [5.41, 5.74) is 5.64. The van der Waals surface area contributed by atoms with Gasteiger partial charge in [-0.1, -0.05) is 95.2 Å². The van der Waals surface area contributed by atoms with Crippen LogP contribution < -0.4 is 0 Å². The molecule has 5 heteroatoms. The summed E-state index contributed by atoms with van der Waals surface area (Å²) in [4.78, 5) is 11.6. The average Bonchev–Trinajstić information content (AvgIpc) is 2.82. The summed E-state index contributed by atoms with van der Waals surface area (Å²) in [6, 6.07) is 8.43. The quantitative estimate of drug-likeness (QED) is 0.220. The highest BCUT2D eigenvalue weighted by Crippen LogP contribution is 2.38. The van der Waals surface area contributed by atoms with Crippen LogP contribution in [0.2, 0.25) is 0 Å². The molecule has 234 valence electrons. The Morgan fingerprint density at radius 3 is 1.19 bits per heavy atom. The van der Waals surface area contributed by atoms with Crippen molar-refractivity contribution in [2.75, 3.05) is 33.2 Å². The van der Waals surface area contributed by atoms with Crippen LogP contribution in [0.15, 0.2) is 34.3 Å². The molecule has 2 rings (SSSR count). The van der Waals surface area contributed by atoms with Crippen molar-refractivity contribution in [3.63, 3.8) is 0 Å². The van der Waals surface area contributed by atoms with Crippen molar-refractivity contribution in [2.45, 2.75) is 118 Å². The van der Waals surface area contributed by atoms with Crippen molar-refractivity contribution >= 4 is 12.4 Å². The Labute approximate surface area is 257 Å². The highest BCUT2D eigenvalue weighted by molar-refractivity contribution is 5.85. The van der Waals surface area contributed by atoms with Gasteiger partial charge in [0.2, 0.25) is 0 Å². The number of nitrogens with zero attached hydrogens (tertiary/aromatic N) is 3. The minimum atomic E-state index is -0.146. The van der Waals surface area contributed by atoms with E-state index in [0.717, 1.165) is 48.2 Å². The molecule has 5 nitrogen and oxygen atoms in total. The second-order valence-electron chi connectivity index (χ2n) is 16.0. The number of rotatable bonds is 10. The van der Waals surface area contributed by atoms with E-state index in [4.69, 9.17) is 0 Å². The molecule has 0 aromatic heterocycles. The van der Waals surface area contributed by atoms with E-state index in [1.165, 1.54) is 11.1 Å². The topological polar surface area (TPSA) is 68.4 Å². The minimum Gasteiger partial charge on any atom is -0.507 e. The van der Waals surface area contributed by atoms with Crippen molar-refractivity contribution in [3.8, 4) is 11.5 Å². The molecular weight excluding hydrogens is 518 g/mol. The molecular formula is C37H59N3O2. The first-order valence-electron chi connectivity index (χ1n) is 15.6. The zero-order valence-corrected chi connectivity index (χ0v) is 28.9. The van der Waals surface area contributed by atoms with E-state index in [-0.39, 0.29) is 21.7 Å². The van der Waals surface area contributed by atoms with Gasteiger partial charge in [0, 0.05) is 47.8 Å². The molecule has 0 fully saturated rings. The van der Waals surface area contributed by atoms with Crippen LogP contribution in [0.3, 0.4) is 0 Å². The fourth-order valence-electron chi connectivity index (χ4n) is 4.82. The highest BCUT2D eigenvalue weighted by Gasteiger charge is 2.25. The largest absolute Gasteiger partial charge is 0.507 e. The average molecular weight is 578 g/mol. The molecule has 0 bridgehead atoms. The van der Waals surface area contributed by atoms with E-state index in [1.54, 1.807) is 0 Å². The third-order valence-electron chi connectivity index (χ3n) is 7.74. The standard InChI is InChI=1S/C37H59N3O2/c1-34(2,3)28-20-26(32(41)30(22-28)36(7,8)9)24-38-16-14-18-40(13)19-15-17-39-25-27-21-29(35(4,5)6)23-31(33(27)42)37(10,11)12/h20-25,41-42H,14-19H2,1-13H3. The summed E-state index contributed by atoms with van der Waals surface area (Å²) in [6.07, 6.45) is 5.57. The Morgan fingerprint density at radius 1 is 0.571 bits per heavy atom. The number of phenols is 2. The normalized spacial score (nSPS) is 13.7. The summed E-state index contributed by atoms with van der Waals surface area (Å²) < 4.78 is 0. The number of aromatic hydroxyl groups is 2. The first-order chi connectivity index (χ1) is 19.1. The third-order valence-corrected chi connectivity index (χ3v) is 7.74. The number of aliphatic imine (C=N–C) groups is 2. The number of benzene rings is 2. The molecule has 2 aromatic rings. The van der Waals surface area contributed by atoms with E-state index < -0.39 is 0 Å². The molecule has 0 radical (unpaired) electrons. The summed E-state index contributed by atoms with van der Waals surface area (Å²) in [5, 5.41) is 21.9. The van der Waals surface area contributed by atoms with Crippen molar-refractivity contribution in [2.24, 2.45) is 9.98 Å². The van der Waals surface area contributed by atoms with Gasteiger partial charge in [-0.15, -0.1) is 0 Å². The maximum atomic E-state index is 11.0. The van der Waals surface area contributed by atoms with Crippen LogP contribution in [0.25, 0.3) is 0 Å². The molecule has 0 spiro atoms. The Kier molecular flexibility index (Phi) is 11.6. The maximum absolute atomic E-state index is 11.0. The second kappa shape index (κ2) is 13.8. The van der Waals surface area contributed by atoms with Crippen LogP contribution in [0.4, 0.5) is 0 Å². The van der Waals surface area contributed by atoms with Crippen LogP contribution in [0, 0.1) is 0 Å². The zero-order chi connectivity index (χ0) is 32.1. The predicted octanol–water partition coefficient (Wildman–Crippen LogP) is 8.54. The van der Waals surface area contributed by atoms with Crippen LogP contribution in [-0.4, -0.2) is 60.8 Å². The summed E-state index contributed by atoms with van der Waals surface area (Å²) in [6.45, 7) is 29.3. The third kappa shape index (κ3) is 10.3. The van der Waals surface area contributed by atoms with Gasteiger partial charge in [0.15, 0.2) is 0 Å². The molecule has 0 aliphatic carbocycles. The van der Waals surface area contributed by atoms with Gasteiger partial charge < -0.3 is 15.1 Å². The van der Waals surface area contributed by atoms with Crippen LogP contribution in [0.5, 0.6) is 11.5 Å². The molecule has 0 atom stereocenters. The lowest BCUT2D eigenvalue weighted by Gasteiger charge is -2.27. The summed E-state index contributed by atoms with van der Waals surface area (Å²) in [7, 11) is 2.13. The SMILES string of the molecule is CN(CCCN=Cc1cc(C(C)(C)C)cc(C(C)(C)C)c1O)CCCN=Cc1cc(C(C)(C)C)cc(C(C)(C)C)c1O. The molecule has 0 saturated heterocycles. The lowest BCUT2D eigenvalue weighted by Crippen LogP contribution is -2.22. The van der Waals surface area contributed by atoms with Gasteiger partial charge in [0.25, 0.3) is 0 Å². The number of phenolic OH excluding ortho intramolecular Hbond substituents is 2. The molecule has 2 aromatic carbocycles. The first kappa shape index (κ1) is 35.5. The molecule has 0 amide bonds. The fraction of sp³-hybridized carbons (Fsp3) is 0.622. The molecule has 42 heavy (non-hydrogen) atoms. The lowest BCUT2D eigenvalue weighted by molar-refractivity contribution is 0.329. The van der Waals surface area contributed by atoms with Gasteiger partial charge >= 0.3 is 0 Å². The Bertz CT molecular complexity index is 1150. The monoisotopic (exact) mass is 577 g/mol. The summed E-state index contributed by atoms with van der Waals surface area (Å²) in [5.74, 6) is 0.676. The predicted molar refractivity (Wildman–Crippen MR) is 183 cm³/mol. The van der Waals surface area contributed by atoms with E-state index in [0.29, 0.717) is 24.6 Å². The van der Waals surface area contributed by atoms with Gasteiger partial charge in [-0.25, -0.2) is 0 Å². The lowest BCUT2D eigenvalue weighted by atomic mass is 9.79. The maximum Gasteiger partial charge on any atom is 0.128 e. The molecule has 2 N–H and O–H groups in total. The van der Waals surface area contributed by atoms with Gasteiger partial charge in [-0.3, -0.25) is 9.98 Å². The van der Waals surface area contributed by atoms with E-state index in [2.05, 4.69) is 129 Å². The molecule has 0 aliphatic rings. The van der Waals surface area contributed by atoms with Crippen molar-refractivity contribution < 1.29 is 10.2 Å². The van der Waals surface area contributed by atoms with Gasteiger partial charge in [-0.2, -0.15) is 0 Å². The van der Waals surface area contributed by atoms with Crippen LogP contribution in [0.1, 0.15) is 129 Å². The highest BCUT2D eigenvalue weighted by atomic mass is 16.3. The van der Waals surface area contributed by atoms with E-state index >= 15 is 0 Å². The van der Waals surface area contributed by atoms with E-state index in [9.17, 15) is 10.2 Å². The van der Waals surface area contributed by atoms with Crippen LogP contribution in [-0.2, 0) is 21.7 Å². The Morgan fingerprint density at radius 2 is 0.905 bits per heavy atom. The van der Waals surface area contributed by atoms with Crippen molar-refractivity contribution in [1.29, 1.82) is 0 Å². The molecule has 0 saturated carbocycles. The Balaban J connectivity index is 1.92. The zero-order valence-electron chi connectivity index (χ0n) is 28.9. The van der Waals surface area contributed by atoms with Crippen molar-refractivity contribution in [1.82, 2.24) is 4.90 Å². The first-order valence-corrected chi connectivity index (χ1v) is 15.6. The second-order valence-corrected chi connectivity index (χ2v) is 16.0. The smallest absolute Gasteiger partial charge is 0.128 e. The molecule has 0 heterocycles. The number of hydrogen-bond acceptors (Lipinski definition) is 5. The Hall–Kier alpha value is -2.66. The van der Waals surface area contributed by atoms with Gasteiger partial charge in [0.1, 0.15) is 11.5 Å². The number of hydrogen-bond donors (Lipinski definition) is 2. The molecule has 0 aliphatic heterocycles. The van der Waals surface area contributed by atoms with Crippen molar-refractivity contribution in [3.05, 3.63) is 57.6 Å². The van der Waals surface area contributed by atoms with E-state index in [1.807, 2.05) is 12.4 Å². The fourth-order valence-corrected chi connectivity index (χ4v) is 4.82.